The van der Waals surface area contributed by atoms with Crippen molar-refractivity contribution in [2.24, 2.45) is 0 Å². The number of halogens is 3. The maximum atomic E-state index is 12.9. The third-order valence-electron chi connectivity index (χ3n) is 3.63. The highest BCUT2D eigenvalue weighted by molar-refractivity contribution is 7.16. The van der Waals surface area contributed by atoms with Crippen LogP contribution < -0.4 is 4.87 Å². The zero-order valence-corrected chi connectivity index (χ0v) is 13.0. The molecule has 0 radical (unpaired) electrons. The van der Waals surface area contributed by atoms with Crippen LogP contribution >= 0.6 is 11.3 Å². The first-order valence-corrected chi connectivity index (χ1v) is 7.71. The van der Waals surface area contributed by atoms with E-state index in [0.717, 1.165) is 17.4 Å². The van der Waals surface area contributed by atoms with Gasteiger partial charge in [0.1, 0.15) is 17.0 Å². The Bertz CT molecular complexity index is 1140. The predicted octanol–water partition coefficient (Wildman–Crippen LogP) is 3.65. The molecule has 1 N–H and O–H groups in total. The van der Waals surface area contributed by atoms with Gasteiger partial charge < -0.3 is 4.98 Å². The van der Waals surface area contributed by atoms with Gasteiger partial charge in [-0.15, -0.1) is 0 Å². The second kappa shape index (κ2) is 4.91. The standard InChI is InChI=1S/C15H9F3N4OS/c1-7-19-10-4-5-12(15(16,17)18)21-13(10)22(7)8-2-3-9-11(6-8)24-14(23)20-9/h2-6H,1H3,(H,20,23). The normalized spacial score (nSPS) is 12.3. The van der Waals surface area contributed by atoms with Crippen molar-refractivity contribution >= 4 is 32.7 Å². The second-order valence-electron chi connectivity index (χ2n) is 5.23. The minimum Gasteiger partial charge on any atom is -0.312 e. The number of alkyl halides is 3. The SMILES string of the molecule is Cc1nc2ccc(C(F)(F)F)nc2n1-c1ccc2[nH]c(=O)sc2c1. The molecule has 5 nitrogen and oxygen atoms in total. The van der Waals surface area contributed by atoms with Crippen molar-refractivity contribution in [3.63, 3.8) is 0 Å². The minimum atomic E-state index is -4.53. The summed E-state index contributed by atoms with van der Waals surface area (Å²) in [5, 5.41) is 0. The Morgan fingerprint density at radius 1 is 1.17 bits per heavy atom. The molecule has 122 valence electrons. The van der Waals surface area contributed by atoms with E-state index in [4.69, 9.17) is 0 Å². The summed E-state index contributed by atoms with van der Waals surface area (Å²) in [7, 11) is 0. The molecule has 0 saturated heterocycles. The number of hydrogen-bond donors (Lipinski definition) is 1. The fourth-order valence-electron chi connectivity index (χ4n) is 2.61. The van der Waals surface area contributed by atoms with E-state index < -0.39 is 11.9 Å². The number of aromatic amines is 1. The molecule has 3 aromatic heterocycles. The van der Waals surface area contributed by atoms with Crippen LogP contribution in [0.2, 0.25) is 0 Å². The van der Waals surface area contributed by atoms with Crippen molar-refractivity contribution in [3.8, 4) is 5.69 Å². The monoisotopic (exact) mass is 350 g/mol. The average molecular weight is 350 g/mol. The van der Waals surface area contributed by atoms with Crippen LogP contribution in [0.25, 0.3) is 27.1 Å². The number of aryl methyl sites for hydroxylation is 1. The molecule has 4 aromatic rings. The summed E-state index contributed by atoms with van der Waals surface area (Å²) in [6, 6.07) is 7.37. The van der Waals surface area contributed by atoms with E-state index in [0.29, 0.717) is 27.2 Å². The molecule has 24 heavy (non-hydrogen) atoms. The number of imidazole rings is 1. The number of benzene rings is 1. The van der Waals surface area contributed by atoms with Crippen LogP contribution in [0.15, 0.2) is 35.1 Å². The lowest BCUT2D eigenvalue weighted by Crippen LogP contribution is -2.08. The Kier molecular flexibility index (Phi) is 3.04. The molecule has 0 aliphatic rings. The zero-order valence-electron chi connectivity index (χ0n) is 12.2. The van der Waals surface area contributed by atoms with Crippen LogP contribution in [0.3, 0.4) is 0 Å². The van der Waals surface area contributed by atoms with E-state index in [1.807, 2.05) is 0 Å². The lowest BCUT2D eigenvalue weighted by Gasteiger charge is -2.08. The van der Waals surface area contributed by atoms with E-state index in [-0.39, 0.29) is 10.5 Å². The summed E-state index contributed by atoms with van der Waals surface area (Å²) in [6.07, 6.45) is -4.53. The highest BCUT2D eigenvalue weighted by Gasteiger charge is 2.33. The number of nitrogens with zero attached hydrogens (tertiary/aromatic N) is 3. The van der Waals surface area contributed by atoms with Crippen LogP contribution in [0.4, 0.5) is 13.2 Å². The van der Waals surface area contributed by atoms with Gasteiger partial charge in [0.2, 0.25) is 0 Å². The molecule has 0 aliphatic carbocycles. The van der Waals surface area contributed by atoms with Crippen molar-refractivity contribution < 1.29 is 13.2 Å². The molecule has 0 spiro atoms. The van der Waals surface area contributed by atoms with Gasteiger partial charge in [-0.05, 0) is 37.3 Å². The summed E-state index contributed by atoms with van der Waals surface area (Å²) in [5.74, 6) is 0.513. The lowest BCUT2D eigenvalue weighted by atomic mass is 10.3. The third-order valence-corrected chi connectivity index (χ3v) is 4.47. The van der Waals surface area contributed by atoms with Crippen LogP contribution in [0, 0.1) is 6.92 Å². The van der Waals surface area contributed by atoms with Crippen molar-refractivity contribution in [1.82, 2.24) is 19.5 Å². The first-order chi connectivity index (χ1) is 11.3. The van der Waals surface area contributed by atoms with Gasteiger partial charge in [0, 0.05) is 0 Å². The van der Waals surface area contributed by atoms with Crippen LogP contribution in [-0.2, 0) is 6.18 Å². The summed E-state index contributed by atoms with van der Waals surface area (Å²) in [4.78, 5) is 21.9. The molecule has 9 heteroatoms. The fraction of sp³-hybridized carbons (Fsp3) is 0.133. The molecule has 0 bridgehead atoms. The number of H-pyrrole nitrogens is 1. The maximum absolute atomic E-state index is 12.9. The van der Waals surface area contributed by atoms with E-state index in [1.54, 1.807) is 29.7 Å². The van der Waals surface area contributed by atoms with Gasteiger partial charge in [-0.1, -0.05) is 11.3 Å². The first-order valence-electron chi connectivity index (χ1n) is 6.89. The van der Waals surface area contributed by atoms with Gasteiger partial charge in [0.25, 0.3) is 0 Å². The van der Waals surface area contributed by atoms with Crippen LogP contribution in [0.5, 0.6) is 0 Å². The smallest absolute Gasteiger partial charge is 0.312 e. The fourth-order valence-corrected chi connectivity index (χ4v) is 3.38. The van der Waals surface area contributed by atoms with E-state index in [2.05, 4.69) is 15.0 Å². The zero-order chi connectivity index (χ0) is 17.1. The molecule has 4 rings (SSSR count). The Hall–Kier alpha value is -2.68. The topological polar surface area (TPSA) is 63.6 Å². The van der Waals surface area contributed by atoms with Gasteiger partial charge in [-0.25, -0.2) is 9.97 Å². The lowest BCUT2D eigenvalue weighted by molar-refractivity contribution is -0.141. The van der Waals surface area contributed by atoms with Crippen molar-refractivity contribution in [3.05, 3.63) is 51.5 Å². The van der Waals surface area contributed by atoms with Crippen molar-refractivity contribution in [2.75, 3.05) is 0 Å². The Balaban J connectivity index is 1.99. The summed E-state index contributed by atoms with van der Waals surface area (Å²) in [5.41, 5.74) is 0.820. The van der Waals surface area contributed by atoms with Gasteiger partial charge in [-0.2, -0.15) is 13.2 Å². The molecule has 1 aromatic carbocycles. The molecule has 0 saturated carbocycles. The number of rotatable bonds is 1. The molecule has 3 heterocycles. The van der Waals surface area contributed by atoms with Gasteiger partial charge >= 0.3 is 11.0 Å². The van der Waals surface area contributed by atoms with Crippen molar-refractivity contribution in [2.45, 2.75) is 13.1 Å². The summed E-state index contributed by atoms with van der Waals surface area (Å²) in [6.45, 7) is 1.69. The van der Waals surface area contributed by atoms with Crippen LogP contribution in [-0.4, -0.2) is 19.5 Å². The Morgan fingerprint density at radius 3 is 2.71 bits per heavy atom. The number of hydrogen-bond acceptors (Lipinski definition) is 4. The van der Waals surface area contributed by atoms with Gasteiger partial charge in [0.15, 0.2) is 5.65 Å². The quantitative estimate of drug-likeness (QED) is 0.570. The molecule has 0 aliphatic heterocycles. The highest BCUT2D eigenvalue weighted by Crippen LogP contribution is 2.30. The van der Waals surface area contributed by atoms with Crippen LogP contribution in [0.1, 0.15) is 11.5 Å². The highest BCUT2D eigenvalue weighted by atomic mass is 32.1. The van der Waals surface area contributed by atoms with E-state index >= 15 is 0 Å². The predicted molar refractivity (Wildman–Crippen MR) is 84.6 cm³/mol. The number of pyridine rings is 1. The summed E-state index contributed by atoms with van der Waals surface area (Å²) >= 11 is 1.04. The van der Waals surface area contributed by atoms with Gasteiger partial charge in [0.05, 0.1) is 15.9 Å². The molecular weight excluding hydrogens is 341 g/mol. The summed E-state index contributed by atoms with van der Waals surface area (Å²) < 4.78 is 41.1. The number of aromatic nitrogens is 4. The number of thiazole rings is 1. The Morgan fingerprint density at radius 2 is 1.96 bits per heavy atom. The Labute approximate surface area is 136 Å². The number of nitrogens with one attached hydrogen (secondary N) is 1. The van der Waals surface area contributed by atoms with E-state index in [1.165, 1.54) is 6.07 Å². The molecule has 0 fully saturated rings. The molecule has 0 amide bonds. The van der Waals surface area contributed by atoms with Gasteiger partial charge in [-0.3, -0.25) is 9.36 Å². The second-order valence-corrected chi connectivity index (χ2v) is 6.24. The average Bonchev–Trinajstić information content (AvgIpc) is 3.02. The maximum Gasteiger partial charge on any atom is 0.433 e. The molecule has 0 unspecified atom stereocenters. The molecular formula is C15H9F3N4OS. The van der Waals surface area contributed by atoms with Crippen molar-refractivity contribution in [1.29, 1.82) is 0 Å². The number of fused-ring (bicyclic) bond motifs is 2. The van der Waals surface area contributed by atoms with E-state index in [9.17, 15) is 18.0 Å². The first kappa shape index (κ1) is 14.9. The molecule has 0 atom stereocenters. The third kappa shape index (κ3) is 2.28. The largest absolute Gasteiger partial charge is 0.433 e. The minimum absolute atomic E-state index is 0.129.